The van der Waals surface area contributed by atoms with Crippen LogP contribution in [0.5, 0.6) is 0 Å². The van der Waals surface area contributed by atoms with E-state index < -0.39 is 0 Å². The third-order valence-electron chi connectivity index (χ3n) is 5.67. The van der Waals surface area contributed by atoms with Gasteiger partial charge in [0, 0.05) is 43.4 Å². The van der Waals surface area contributed by atoms with Crippen molar-refractivity contribution in [2.24, 2.45) is 17.6 Å². The number of nitrogens with zero attached hydrogens (tertiary/aromatic N) is 3. The van der Waals surface area contributed by atoms with Gasteiger partial charge >= 0.3 is 0 Å². The molecule has 4 N–H and O–H groups in total. The fourth-order valence-corrected chi connectivity index (χ4v) is 3.83. The minimum absolute atomic E-state index is 0.0552. The lowest BCUT2D eigenvalue weighted by atomic mass is 9.91. The molecule has 1 aromatic carbocycles. The number of para-hydroxylation sites is 1. The van der Waals surface area contributed by atoms with Crippen molar-refractivity contribution in [3.63, 3.8) is 0 Å². The van der Waals surface area contributed by atoms with Crippen molar-refractivity contribution in [1.82, 2.24) is 9.88 Å². The molecule has 140 valence electrons. The van der Waals surface area contributed by atoms with Gasteiger partial charge in [0.2, 0.25) is 5.91 Å². The molecule has 1 amide bonds. The van der Waals surface area contributed by atoms with E-state index in [9.17, 15) is 4.79 Å². The first-order chi connectivity index (χ1) is 13.0. The molecule has 0 atom stereocenters. The van der Waals surface area contributed by atoms with Crippen molar-refractivity contribution in [1.29, 1.82) is 10.8 Å². The Balaban J connectivity index is 1.34. The Bertz CT molecular complexity index is 896. The van der Waals surface area contributed by atoms with E-state index in [2.05, 4.69) is 11.0 Å². The van der Waals surface area contributed by atoms with E-state index in [4.69, 9.17) is 21.5 Å². The van der Waals surface area contributed by atoms with Gasteiger partial charge in [-0.05, 0) is 31.0 Å². The highest BCUT2D eigenvalue weighted by Gasteiger charge is 2.35. The first kappa shape index (κ1) is 17.5. The molecule has 0 radical (unpaired) electrons. The van der Waals surface area contributed by atoms with Crippen LogP contribution in [0, 0.1) is 22.7 Å². The average Bonchev–Trinajstić information content (AvgIpc) is 2.66. The van der Waals surface area contributed by atoms with Gasteiger partial charge in [0.1, 0.15) is 11.7 Å². The molecule has 27 heavy (non-hydrogen) atoms. The van der Waals surface area contributed by atoms with Crippen molar-refractivity contribution in [2.75, 3.05) is 31.1 Å². The molecule has 2 fully saturated rings. The number of piperidine rings is 1. The molecule has 2 saturated heterocycles. The monoisotopic (exact) mass is 364 g/mol. The molecule has 0 aliphatic carbocycles. The fraction of sp³-hybridized carbons (Fsp3) is 0.400. The van der Waals surface area contributed by atoms with Crippen molar-refractivity contribution in [2.45, 2.75) is 12.8 Å². The van der Waals surface area contributed by atoms with Crippen LogP contribution in [0.3, 0.4) is 0 Å². The quantitative estimate of drug-likeness (QED) is 0.568. The first-order valence-electron chi connectivity index (χ1n) is 9.35. The molecule has 7 nitrogen and oxygen atoms in total. The topological polar surface area (TPSA) is 110 Å². The number of amides is 1. The number of nitrogens with two attached hydrogens (primary N) is 1. The predicted molar refractivity (Wildman–Crippen MR) is 106 cm³/mol. The first-order valence-corrected chi connectivity index (χ1v) is 9.35. The minimum Gasteiger partial charge on any atom is -0.369 e. The van der Waals surface area contributed by atoms with Crippen LogP contribution in [0.25, 0.3) is 10.9 Å². The maximum atomic E-state index is 11.3. The number of carbonyl (C=O) groups excluding carboxylic acids is 1. The summed E-state index contributed by atoms with van der Waals surface area (Å²) in [5.41, 5.74) is 6.72. The number of carbonyl (C=O) groups is 1. The van der Waals surface area contributed by atoms with Crippen LogP contribution in [0.1, 0.15) is 12.8 Å². The molecule has 0 spiro atoms. The molecule has 7 heteroatoms. The summed E-state index contributed by atoms with van der Waals surface area (Å²) in [5, 5.41) is 17.9. The van der Waals surface area contributed by atoms with E-state index in [-0.39, 0.29) is 23.6 Å². The molecule has 0 unspecified atom stereocenters. The minimum atomic E-state index is -0.256. The van der Waals surface area contributed by atoms with E-state index in [0.717, 1.165) is 16.7 Å². The summed E-state index contributed by atoms with van der Waals surface area (Å²) >= 11 is 0. The number of anilines is 1. The molecule has 0 saturated carbocycles. The average molecular weight is 364 g/mol. The molecular formula is C20H24N6O. The van der Waals surface area contributed by atoms with Crippen LogP contribution in [0.2, 0.25) is 0 Å². The Morgan fingerprint density at radius 2 is 1.74 bits per heavy atom. The van der Waals surface area contributed by atoms with Gasteiger partial charge in [-0.25, -0.2) is 4.98 Å². The predicted octanol–water partition coefficient (Wildman–Crippen LogP) is 1.87. The van der Waals surface area contributed by atoms with Crippen molar-refractivity contribution >= 4 is 34.2 Å². The van der Waals surface area contributed by atoms with Crippen molar-refractivity contribution in [3.05, 3.63) is 36.4 Å². The summed E-state index contributed by atoms with van der Waals surface area (Å²) in [6.45, 7) is 2.67. The summed E-state index contributed by atoms with van der Waals surface area (Å²) < 4.78 is 0. The number of hydrogen-bond acceptors (Lipinski definition) is 5. The number of benzene rings is 1. The van der Waals surface area contributed by atoms with E-state index in [0.29, 0.717) is 44.7 Å². The summed E-state index contributed by atoms with van der Waals surface area (Å²) in [6, 6.07) is 12.1. The third kappa shape index (κ3) is 3.37. The van der Waals surface area contributed by atoms with Crippen molar-refractivity contribution < 1.29 is 4.79 Å². The molecule has 0 bridgehead atoms. The number of aromatic nitrogens is 1. The zero-order valence-corrected chi connectivity index (χ0v) is 15.2. The van der Waals surface area contributed by atoms with Crippen LogP contribution in [-0.2, 0) is 4.79 Å². The zero-order chi connectivity index (χ0) is 19.0. The zero-order valence-electron chi connectivity index (χ0n) is 15.2. The Hall–Kier alpha value is -2.96. The van der Waals surface area contributed by atoms with Gasteiger partial charge in [-0.3, -0.25) is 10.2 Å². The second-order valence-corrected chi connectivity index (χ2v) is 7.39. The fourth-order valence-electron chi connectivity index (χ4n) is 3.83. The number of likely N-dealkylation sites (tertiary alicyclic amines) is 1. The molecule has 2 aromatic rings. The Morgan fingerprint density at radius 1 is 1.04 bits per heavy atom. The van der Waals surface area contributed by atoms with Gasteiger partial charge in [-0.2, -0.15) is 0 Å². The second kappa shape index (κ2) is 6.98. The van der Waals surface area contributed by atoms with Gasteiger partial charge in [-0.1, -0.05) is 18.2 Å². The van der Waals surface area contributed by atoms with Gasteiger partial charge < -0.3 is 20.9 Å². The number of rotatable bonds is 4. The lowest BCUT2D eigenvalue weighted by Gasteiger charge is -2.42. The summed E-state index contributed by atoms with van der Waals surface area (Å²) in [6.07, 6.45) is 1.34. The second-order valence-electron chi connectivity index (χ2n) is 7.39. The number of fused-ring (bicyclic) bond motifs is 1. The van der Waals surface area contributed by atoms with Crippen LogP contribution < -0.4 is 10.6 Å². The summed E-state index contributed by atoms with van der Waals surface area (Å²) in [5.74, 6) is 0.912. The molecule has 1 aromatic heterocycles. The Morgan fingerprint density at radius 3 is 2.44 bits per heavy atom. The summed E-state index contributed by atoms with van der Waals surface area (Å²) in [4.78, 5) is 20.0. The SMILES string of the molecule is N=C(C(=N)N1CCC(C(N)=O)CC1)C1CN(c2ccc3ccccc3n2)C1. The maximum Gasteiger partial charge on any atom is 0.220 e. The Labute approximate surface area is 158 Å². The normalized spacial score (nSPS) is 18.4. The molecule has 2 aliphatic rings. The molecule has 4 rings (SSSR count). The molecular weight excluding hydrogens is 340 g/mol. The highest BCUT2D eigenvalue weighted by Crippen LogP contribution is 2.27. The molecule has 2 aliphatic heterocycles. The highest BCUT2D eigenvalue weighted by molar-refractivity contribution is 6.40. The number of hydrogen-bond donors (Lipinski definition) is 3. The summed E-state index contributed by atoms with van der Waals surface area (Å²) in [7, 11) is 0. The lowest BCUT2D eigenvalue weighted by Crippen LogP contribution is -2.55. The van der Waals surface area contributed by atoms with E-state index >= 15 is 0 Å². The van der Waals surface area contributed by atoms with Crippen LogP contribution >= 0.6 is 0 Å². The van der Waals surface area contributed by atoms with Gasteiger partial charge in [0.15, 0.2) is 0 Å². The number of amidine groups is 1. The smallest absolute Gasteiger partial charge is 0.220 e. The highest BCUT2D eigenvalue weighted by atomic mass is 16.1. The van der Waals surface area contributed by atoms with E-state index in [1.165, 1.54) is 0 Å². The lowest BCUT2D eigenvalue weighted by molar-refractivity contribution is -0.122. The van der Waals surface area contributed by atoms with Crippen LogP contribution in [0.15, 0.2) is 36.4 Å². The van der Waals surface area contributed by atoms with Gasteiger partial charge in [0.05, 0.1) is 11.2 Å². The number of pyridine rings is 1. The van der Waals surface area contributed by atoms with Crippen molar-refractivity contribution in [3.8, 4) is 0 Å². The number of nitrogens with one attached hydrogen (secondary N) is 2. The van der Waals surface area contributed by atoms with Gasteiger partial charge in [0.25, 0.3) is 0 Å². The number of primary amides is 1. The van der Waals surface area contributed by atoms with Gasteiger partial charge in [-0.15, -0.1) is 0 Å². The standard InChI is InChI=1S/C20H24N6O/c21-18(19(22)25-9-7-14(8-10-25)20(23)27)15-11-26(12-15)17-6-5-13-3-1-2-4-16(13)24-17/h1-6,14-15,21-22H,7-12H2,(H2,23,27). The van der Waals surface area contributed by atoms with E-state index in [1.54, 1.807) is 0 Å². The van der Waals surface area contributed by atoms with Crippen LogP contribution in [-0.4, -0.2) is 53.5 Å². The van der Waals surface area contributed by atoms with Crippen LogP contribution in [0.4, 0.5) is 5.82 Å². The maximum absolute atomic E-state index is 11.3. The third-order valence-corrected chi connectivity index (χ3v) is 5.67. The largest absolute Gasteiger partial charge is 0.369 e. The molecule has 3 heterocycles. The Kier molecular flexibility index (Phi) is 4.51. The van der Waals surface area contributed by atoms with E-state index in [1.807, 2.05) is 35.2 Å².